The summed E-state index contributed by atoms with van der Waals surface area (Å²) >= 11 is 0. The molecule has 0 radical (unpaired) electrons. The van der Waals surface area contributed by atoms with E-state index >= 15 is 0 Å². The van der Waals surface area contributed by atoms with Gasteiger partial charge in [-0.25, -0.2) is 0 Å². The van der Waals surface area contributed by atoms with Gasteiger partial charge in [0.2, 0.25) is 5.91 Å². The van der Waals surface area contributed by atoms with E-state index in [1.165, 1.54) is 0 Å². The zero-order valence-electron chi connectivity index (χ0n) is 11.8. The van der Waals surface area contributed by atoms with E-state index in [1.54, 1.807) is 0 Å². The lowest BCUT2D eigenvalue weighted by atomic mass is 9.98. The maximum absolute atomic E-state index is 11.7. The van der Waals surface area contributed by atoms with Gasteiger partial charge in [-0.15, -0.1) is 0 Å². The van der Waals surface area contributed by atoms with Crippen LogP contribution >= 0.6 is 0 Å². The van der Waals surface area contributed by atoms with E-state index in [9.17, 15) is 4.79 Å². The number of likely N-dealkylation sites (tertiary alicyclic amines) is 1. The Morgan fingerprint density at radius 2 is 1.82 bits per heavy atom. The summed E-state index contributed by atoms with van der Waals surface area (Å²) < 4.78 is 0. The van der Waals surface area contributed by atoms with Gasteiger partial charge in [-0.05, 0) is 47.6 Å². The van der Waals surface area contributed by atoms with Gasteiger partial charge in [0.25, 0.3) is 0 Å². The van der Waals surface area contributed by atoms with Crippen LogP contribution in [0.1, 0.15) is 40.5 Å². The van der Waals surface area contributed by atoms with Crippen molar-refractivity contribution in [1.82, 2.24) is 15.5 Å². The number of carbonyl (C=O) groups excluding carboxylic acids is 1. The molecule has 0 aromatic heterocycles. The molecule has 1 atom stereocenters. The molecule has 1 amide bonds. The number of likely N-dealkylation sites (N-methyl/N-ethyl adjacent to an activating group) is 1. The van der Waals surface area contributed by atoms with Crippen LogP contribution in [-0.4, -0.2) is 48.6 Å². The Labute approximate surface area is 105 Å². The monoisotopic (exact) mass is 241 g/mol. The van der Waals surface area contributed by atoms with Gasteiger partial charge in [0.1, 0.15) is 0 Å². The van der Waals surface area contributed by atoms with E-state index in [2.05, 4.69) is 36.3 Å². The number of carbonyl (C=O) groups is 1. The second-order valence-electron chi connectivity index (χ2n) is 5.95. The van der Waals surface area contributed by atoms with Crippen molar-refractivity contribution in [2.45, 2.75) is 58.2 Å². The van der Waals surface area contributed by atoms with Crippen LogP contribution in [0.2, 0.25) is 0 Å². The molecule has 0 bridgehead atoms. The summed E-state index contributed by atoms with van der Waals surface area (Å²) in [6, 6.07) is 0.243. The summed E-state index contributed by atoms with van der Waals surface area (Å²) in [4.78, 5) is 14.2. The van der Waals surface area contributed by atoms with E-state index < -0.39 is 0 Å². The number of piperidine rings is 1. The second kappa shape index (κ2) is 5.83. The Balaban J connectivity index is 2.35. The maximum atomic E-state index is 11.7. The molecule has 0 aliphatic carbocycles. The van der Waals surface area contributed by atoms with Crippen molar-refractivity contribution < 1.29 is 4.79 Å². The minimum absolute atomic E-state index is 0.101. The predicted molar refractivity (Wildman–Crippen MR) is 71.0 cm³/mol. The molecule has 1 rings (SSSR count). The van der Waals surface area contributed by atoms with Crippen LogP contribution in [-0.2, 0) is 4.79 Å². The number of hydrogen-bond acceptors (Lipinski definition) is 3. The van der Waals surface area contributed by atoms with E-state index in [0.29, 0.717) is 6.04 Å². The topological polar surface area (TPSA) is 44.4 Å². The largest absolute Gasteiger partial charge is 0.352 e. The number of amides is 1. The highest BCUT2D eigenvalue weighted by atomic mass is 16.2. The van der Waals surface area contributed by atoms with Crippen molar-refractivity contribution in [2.75, 3.05) is 20.1 Å². The molecule has 17 heavy (non-hydrogen) atoms. The van der Waals surface area contributed by atoms with Crippen molar-refractivity contribution in [3.63, 3.8) is 0 Å². The van der Waals surface area contributed by atoms with Gasteiger partial charge >= 0.3 is 0 Å². The van der Waals surface area contributed by atoms with Crippen molar-refractivity contribution in [1.29, 1.82) is 0 Å². The fourth-order valence-electron chi connectivity index (χ4n) is 2.15. The summed E-state index contributed by atoms with van der Waals surface area (Å²) in [5, 5.41) is 6.08. The molecule has 4 nitrogen and oxygen atoms in total. The van der Waals surface area contributed by atoms with Gasteiger partial charge < -0.3 is 10.6 Å². The molecule has 1 saturated heterocycles. The SMILES string of the molecule is CNC(C)C(=O)NC1CCN(C(C)(C)C)CC1. The summed E-state index contributed by atoms with van der Waals surface area (Å²) in [6.07, 6.45) is 2.11. The molecule has 1 heterocycles. The Hall–Kier alpha value is -0.610. The van der Waals surface area contributed by atoms with Crippen LogP contribution in [0, 0.1) is 0 Å². The molecular formula is C13H27N3O. The fourth-order valence-corrected chi connectivity index (χ4v) is 2.15. The molecule has 0 saturated carbocycles. The molecule has 100 valence electrons. The van der Waals surface area contributed by atoms with Crippen LogP contribution in [0.5, 0.6) is 0 Å². The van der Waals surface area contributed by atoms with Crippen molar-refractivity contribution in [2.24, 2.45) is 0 Å². The molecule has 4 heteroatoms. The third-order valence-corrected chi connectivity index (χ3v) is 3.62. The third-order valence-electron chi connectivity index (χ3n) is 3.62. The highest BCUT2D eigenvalue weighted by Crippen LogP contribution is 2.19. The molecule has 1 aliphatic heterocycles. The number of nitrogens with one attached hydrogen (secondary N) is 2. The first-order chi connectivity index (χ1) is 7.84. The van der Waals surface area contributed by atoms with Crippen LogP contribution < -0.4 is 10.6 Å². The Morgan fingerprint density at radius 1 is 1.29 bits per heavy atom. The van der Waals surface area contributed by atoms with E-state index in [1.807, 2.05) is 14.0 Å². The fraction of sp³-hybridized carbons (Fsp3) is 0.923. The lowest BCUT2D eigenvalue weighted by Crippen LogP contribution is -2.53. The van der Waals surface area contributed by atoms with Crippen molar-refractivity contribution in [3.8, 4) is 0 Å². The van der Waals surface area contributed by atoms with Crippen LogP contribution in [0.3, 0.4) is 0 Å². The first-order valence-electron chi connectivity index (χ1n) is 6.57. The molecule has 0 aromatic rings. The van der Waals surface area contributed by atoms with E-state index in [-0.39, 0.29) is 17.5 Å². The average molecular weight is 241 g/mol. The highest BCUT2D eigenvalue weighted by Gasteiger charge is 2.27. The minimum atomic E-state index is -0.101. The Kier molecular flexibility index (Phi) is 4.95. The zero-order chi connectivity index (χ0) is 13.1. The molecule has 1 fully saturated rings. The standard InChI is InChI=1S/C13H27N3O/c1-10(14-5)12(17)15-11-6-8-16(9-7-11)13(2,3)4/h10-11,14H,6-9H2,1-5H3,(H,15,17). The molecule has 2 N–H and O–H groups in total. The normalized spacial score (nSPS) is 21.2. The molecule has 1 aliphatic rings. The lowest BCUT2D eigenvalue weighted by Gasteiger charge is -2.41. The summed E-state index contributed by atoms with van der Waals surface area (Å²) in [7, 11) is 1.81. The Bertz CT molecular complexity index is 252. The average Bonchev–Trinajstić information content (AvgIpc) is 2.27. The lowest BCUT2D eigenvalue weighted by molar-refractivity contribution is -0.123. The van der Waals surface area contributed by atoms with Crippen molar-refractivity contribution >= 4 is 5.91 Å². The number of rotatable bonds is 3. The summed E-state index contributed by atoms with van der Waals surface area (Å²) in [5.41, 5.74) is 0.243. The van der Waals surface area contributed by atoms with E-state index in [0.717, 1.165) is 25.9 Å². The molecule has 1 unspecified atom stereocenters. The first-order valence-corrected chi connectivity index (χ1v) is 6.57. The van der Waals surface area contributed by atoms with E-state index in [4.69, 9.17) is 0 Å². The molecular weight excluding hydrogens is 214 g/mol. The van der Waals surface area contributed by atoms with Gasteiger partial charge in [0, 0.05) is 24.7 Å². The second-order valence-corrected chi connectivity index (χ2v) is 5.95. The third kappa shape index (κ3) is 4.28. The van der Waals surface area contributed by atoms with Gasteiger partial charge in [-0.3, -0.25) is 9.69 Å². The Morgan fingerprint density at radius 3 is 2.24 bits per heavy atom. The number of nitrogens with zero attached hydrogens (tertiary/aromatic N) is 1. The van der Waals surface area contributed by atoms with Gasteiger partial charge in [0.05, 0.1) is 6.04 Å². The van der Waals surface area contributed by atoms with Crippen molar-refractivity contribution in [3.05, 3.63) is 0 Å². The quantitative estimate of drug-likeness (QED) is 0.774. The van der Waals surface area contributed by atoms with Crippen LogP contribution in [0.25, 0.3) is 0 Å². The minimum Gasteiger partial charge on any atom is -0.352 e. The smallest absolute Gasteiger partial charge is 0.237 e. The summed E-state index contributed by atoms with van der Waals surface area (Å²) in [5.74, 6) is 0.113. The summed E-state index contributed by atoms with van der Waals surface area (Å²) in [6.45, 7) is 10.8. The predicted octanol–water partition coefficient (Wildman–Crippen LogP) is 0.973. The molecule has 0 spiro atoms. The maximum Gasteiger partial charge on any atom is 0.237 e. The van der Waals surface area contributed by atoms with Crippen LogP contribution in [0.4, 0.5) is 0 Å². The molecule has 0 aromatic carbocycles. The number of hydrogen-bond donors (Lipinski definition) is 2. The van der Waals surface area contributed by atoms with Crippen LogP contribution in [0.15, 0.2) is 0 Å². The van der Waals surface area contributed by atoms with Gasteiger partial charge in [-0.1, -0.05) is 0 Å². The zero-order valence-corrected chi connectivity index (χ0v) is 11.8. The highest BCUT2D eigenvalue weighted by molar-refractivity contribution is 5.81. The van der Waals surface area contributed by atoms with Gasteiger partial charge in [0.15, 0.2) is 0 Å². The first kappa shape index (κ1) is 14.5. The van der Waals surface area contributed by atoms with Gasteiger partial charge in [-0.2, -0.15) is 0 Å².